The van der Waals surface area contributed by atoms with Gasteiger partial charge in [-0.25, -0.2) is 9.59 Å². The van der Waals surface area contributed by atoms with Crippen molar-refractivity contribution in [3.05, 3.63) is 58.5 Å². The quantitative estimate of drug-likeness (QED) is 0.529. The Morgan fingerprint density at radius 1 is 1.10 bits per heavy atom. The molecule has 29 heavy (non-hydrogen) atoms. The number of hydrogen-bond acceptors (Lipinski definition) is 5. The number of aryl methyl sites for hydroxylation is 1. The van der Waals surface area contributed by atoms with Crippen molar-refractivity contribution >= 4 is 39.1 Å². The van der Waals surface area contributed by atoms with Gasteiger partial charge in [0, 0.05) is 22.3 Å². The third-order valence-electron chi connectivity index (χ3n) is 4.30. The number of carbonyl (C=O) groups is 2. The van der Waals surface area contributed by atoms with Crippen LogP contribution in [0.15, 0.2) is 42.5 Å². The second kappa shape index (κ2) is 9.43. The monoisotopic (exact) mass is 412 g/mol. The number of methoxy groups -OCH3 is 1. The molecule has 0 aliphatic carbocycles. The molecule has 3 rings (SSSR count). The molecule has 1 aromatic heterocycles. The Hall–Kier alpha value is -3.06. The van der Waals surface area contributed by atoms with Gasteiger partial charge in [-0.1, -0.05) is 36.8 Å². The Bertz CT molecular complexity index is 1010. The molecule has 152 valence electrons. The van der Waals surface area contributed by atoms with E-state index < -0.39 is 5.97 Å². The Morgan fingerprint density at radius 3 is 2.55 bits per heavy atom. The Balaban J connectivity index is 1.76. The zero-order chi connectivity index (χ0) is 20.8. The maximum Gasteiger partial charge on any atom is 0.351 e. The van der Waals surface area contributed by atoms with E-state index in [1.807, 2.05) is 50.2 Å². The second-order valence-electron chi connectivity index (χ2n) is 6.60. The van der Waals surface area contributed by atoms with Crippen LogP contribution in [-0.4, -0.2) is 25.7 Å². The first-order valence-corrected chi connectivity index (χ1v) is 10.2. The Kier molecular flexibility index (Phi) is 6.72. The summed E-state index contributed by atoms with van der Waals surface area (Å²) in [6.45, 7) is 4.95. The summed E-state index contributed by atoms with van der Waals surface area (Å²) >= 11 is 1.32. The minimum atomic E-state index is -0.428. The number of hydrogen-bond donors (Lipinski definition) is 2. The summed E-state index contributed by atoms with van der Waals surface area (Å²) in [6, 6.07) is 13.2. The predicted octanol–water partition coefficient (Wildman–Crippen LogP) is 5.11. The third-order valence-corrected chi connectivity index (χ3v) is 5.43. The number of anilines is 1. The number of ether oxygens (including phenoxy) is 2. The summed E-state index contributed by atoms with van der Waals surface area (Å²) in [6.07, 6.45) is 0.817. The van der Waals surface area contributed by atoms with Crippen LogP contribution in [0.2, 0.25) is 0 Å². The van der Waals surface area contributed by atoms with Gasteiger partial charge in [0.2, 0.25) is 0 Å². The fraction of sp³-hybridized carbons (Fsp3) is 0.273. The summed E-state index contributed by atoms with van der Waals surface area (Å²) in [4.78, 5) is 24.8. The molecule has 7 heteroatoms. The summed E-state index contributed by atoms with van der Waals surface area (Å²) in [7, 11) is 1.35. The summed E-state index contributed by atoms with van der Waals surface area (Å²) < 4.78 is 11.6. The molecule has 0 saturated carbocycles. The van der Waals surface area contributed by atoms with Gasteiger partial charge >= 0.3 is 12.0 Å². The summed E-state index contributed by atoms with van der Waals surface area (Å²) in [5, 5.41) is 6.46. The molecule has 3 aromatic rings. The Morgan fingerprint density at radius 2 is 1.86 bits per heavy atom. The predicted molar refractivity (Wildman–Crippen MR) is 116 cm³/mol. The van der Waals surface area contributed by atoms with Gasteiger partial charge in [-0.3, -0.25) is 0 Å². The number of benzene rings is 2. The van der Waals surface area contributed by atoms with Gasteiger partial charge in [0.05, 0.1) is 13.7 Å². The number of thiophene rings is 1. The van der Waals surface area contributed by atoms with Gasteiger partial charge in [0.25, 0.3) is 0 Å². The first-order valence-electron chi connectivity index (χ1n) is 9.40. The van der Waals surface area contributed by atoms with Crippen molar-refractivity contribution in [1.82, 2.24) is 5.32 Å². The number of urea groups is 1. The number of carbonyl (C=O) groups excluding carboxylic acids is 2. The number of esters is 1. The lowest BCUT2D eigenvalue weighted by atomic mass is 10.1. The highest BCUT2D eigenvalue weighted by molar-refractivity contribution is 7.21. The maximum absolute atomic E-state index is 12.3. The first kappa shape index (κ1) is 20.7. The molecule has 0 spiro atoms. The van der Waals surface area contributed by atoms with E-state index in [1.54, 1.807) is 6.07 Å². The molecule has 2 N–H and O–H groups in total. The standard InChI is InChI=1S/C22H24N2O4S/c1-4-11-28-19-17-12-16(9-10-18(17)29-20(19)21(25)27-3)24-22(26)23-13-15-7-5-14(2)6-8-15/h5-10,12H,4,11,13H2,1-3H3,(H2,23,24,26). The SMILES string of the molecule is CCCOc1c(C(=O)OC)sc2ccc(NC(=O)NCc3ccc(C)cc3)cc12. The first-order chi connectivity index (χ1) is 14.0. The highest BCUT2D eigenvalue weighted by Gasteiger charge is 2.21. The van der Waals surface area contributed by atoms with Crippen molar-refractivity contribution < 1.29 is 19.1 Å². The van der Waals surface area contributed by atoms with Crippen LogP contribution in [0.1, 0.15) is 34.1 Å². The largest absolute Gasteiger partial charge is 0.491 e. The van der Waals surface area contributed by atoms with Crippen LogP contribution < -0.4 is 15.4 Å². The van der Waals surface area contributed by atoms with Gasteiger partial charge < -0.3 is 20.1 Å². The van der Waals surface area contributed by atoms with Crippen LogP contribution in [0.4, 0.5) is 10.5 Å². The van der Waals surface area contributed by atoms with Crippen molar-refractivity contribution in [2.75, 3.05) is 19.0 Å². The van der Waals surface area contributed by atoms with E-state index in [9.17, 15) is 9.59 Å². The molecule has 0 saturated heterocycles. The van der Waals surface area contributed by atoms with Gasteiger partial charge in [-0.05, 0) is 37.1 Å². The zero-order valence-electron chi connectivity index (χ0n) is 16.7. The third kappa shape index (κ3) is 5.06. The molecule has 6 nitrogen and oxygen atoms in total. The molecule has 0 radical (unpaired) electrons. The maximum atomic E-state index is 12.3. The molecule has 0 aliphatic rings. The van der Waals surface area contributed by atoms with E-state index in [1.165, 1.54) is 24.0 Å². The minimum absolute atomic E-state index is 0.302. The summed E-state index contributed by atoms with van der Waals surface area (Å²) in [5.74, 6) is 0.0741. The molecule has 2 aromatic carbocycles. The van der Waals surface area contributed by atoms with Crippen molar-refractivity contribution in [2.45, 2.75) is 26.8 Å². The smallest absolute Gasteiger partial charge is 0.351 e. The van der Waals surface area contributed by atoms with Crippen LogP contribution in [0.5, 0.6) is 5.75 Å². The topological polar surface area (TPSA) is 76.7 Å². The fourth-order valence-corrected chi connectivity index (χ4v) is 3.84. The summed E-state index contributed by atoms with van der Waals surface area (Å²) in [5.41, 5.74) is 2.82. The van der Waals surface area contributed by atoms with E-state index in [0.29, 0.717) is 29.5 Å². The van der Waals surface area contributed by atoms with E-state index >= 15 is 0 Å². The zero-order valence-corrected chi connectivity index (χ0v) is 17.5. The molecule has 1 heterocycles. The number of amides is 2. The lowest BCUT2D eigenvalue weighted by Crippen LogP contribution is -2.28. The fourth-order valence-electron chi connectivity index (χ4n) is 2.79. The second-order valence-corrected chi connectivity index (χ2v) is 7.66. The average Bonchev–Trinajstić information content (AvgIpc) is 3.09. The van der Waals surface area contributed by atoms with Gasteiger partial charge in [-0.2, -0.15) is 0 Å². The van der Waals surface area contributed by atoms with Crippen molar-refractivity contribution in [2.24, 2.45) is 0 Å². The lowest BCUT2D eigenvalue weighted by Gasteiger charge is -2.09. The van der Waals surface area contributed by atoms with Crippen molar-refractivity contribution in [3.8, 4) is 5.75 Å². The highest BCUT2D eigenvalue weighted by atomic mass is 32.1. The highest BCUT2D eigenvalue weighted by Crippen LogP contribution is 2.39. The average molecular weight is 413 g/mol. The number of nitrogens with one attached hydrogen (secondary N) is 2. The van der Waals surface area contributed by atoms with Crippen molar-refractivity contribution in [1.29, 1.82) is 0 Å². The van der Waals surface area contributed by atoms with E-state index in [-0.39, 0.29) is 6.03 Å². The van der Waals surface area contributed by atoms with Crippen LogP contribution in [0.25, 0.3) is 10.1 Å². The molecule has 2 amide bonds. The van der Waals surface area contributed by atoms with Crippen LogP contribution in [0.3, 0.4) is 0 Å². The number of rotatable bonds is 7. The van der Waals surface area contributed by atoms with E-state index in [0.717, 1.165) is 22.1 Å². The molecule has 0 unspecified atom stereocenters. The van der Waals surface area contributed by atoms with Crippen LogP contribution in [0, 0.1) is 6.92 Å². The number of fused-ring (bicyclic) bond motifs is 1. The molecule has 0 atom stereocenters. The Labute approximate surface area is 173 Å². The van der Waals surface area contributed by atoms with E-state index in [2.05, 4.69) is 10.6 Å². The van der Waals surface area contributed by atoms with Crippen molar-refractivity contribution in [3.63, 3.8) is 0 Å². The van der Waals surface area contributed by atoms with E-state index in [4.69, 9.17) is 9.47 Å². The van der Waals surface area contributed by atoms with Crippen LogP contribution in [-0.2, 0) is 11.3 Å². The molecular weight excluding hydrogens is 388 g/mol. The van der Waals surface area contributed by atoms with Gasteiger partial charge in [0.1, 0.15) is 0 Å². The minimum Gasteiger partial charge on any atom is -0.491 e. The molecular formula is C22H24N2O4S. The molecule has 0 bridgehead atoms. The van der Waals surface area contributed by atoms with Crippen LogP contribution >= 0.6 is 11.3 Å². The lowest BCUT2D eigenvalue weighted by molar-refractivity contribution is 0.0602. The molecule has 0 fully saturated rings. The normalized spacial score (nSPS) is 10.6. The van der Waals surface area contributed by atoms with Gasteiger partial charge in [0.15, 0.2) is 10.6 Å². The molecule has 0 aliphatic heterocycles. The van der Waals surface area contributed by atoms with Gasteiger partial charge in [-0.15, -0.1) is 11.3 Å².